The van der Waals surface area contributed by atoms with Gasteiger partial charge >= 0.3 is 0 Å². The van der Waals surface area contributed by atoms with Gasteiger partial charge in [0.15, 0.2) is 0 Å². The Morgan fingerprint density at radius 1 is 1.75 bits per heavy atom. The average molecular weight is 240 g/mol. The molecule has 16 heavy (non-hydrogen) atoms. The molecule has 1 aromatic heterocycles. The fourth-order valence-corrected chi connectivity index (χ4v) is 2.82. The molecule has 1 aromatic rings. The third-order valence-corrected chi connectivity index (χ3v) is 3.78. The predicted octanol–water partition coefficient (Wildman–Crippen LogP) is 1.50. The highest BCUT2D eigenvalue weighted by molar-refractivity contribution is 7.09. The smallest absolute Gasteiger partial charge is 0.248 e. The molecule has 0 aliphatic carbocycles. The van der Waals surface area contributed by atoms with E-state index in [2.05, 4.69) is 4.98 Å². The minimum atomic E-state index is 0.0868. The lowest BCUT2D eigenvalue weighted by molar-refractivity contribution is -0.136. The van der Waals surface area contributed by atoms with E-state index < -0.39 is 0 Å². The van der Waals surface area contributed by atoms with Crippen molar-refractivity contribution in [2.45, 2.75) is 18.8 Å². The molecule has 1 aliphatic rings. The van der Waals surface area contributed by atoms with Gasteiger partial charge in [-0.05, 0) is 12.8 Å². The highest BCUT2D eigenvalue weighted by Gasteiger charge is 2.25. The molecule has 0 spiro atoms. The number of carbonyl (C=O) groups excluding carboxylic acids is 1. The molecule has 0 radical (unpaired) electrons. The molecule has 2 heterocycles. The number of piperidine rings is 1. The van der Waals surface area contributed by atoms with Crippen LogP contribution in [-0.4, -0.2) is 42.6 Å². The fourth-order valence-electron chi connectivity index (χ4n) is 2.06. The Hall–Kier alpha value is -0.940. The normalized spacial score (nSPS) is 21.1. The van der Waals surface area contributed by atoms with Gasteiger partial charge in [-0.25, -0.2) is 4.98 Å². The molecular formula is C11H16N2O2S. The van der Waals surface area contributed by atoms with Gasteiger partial charge in [0.25, 0.3) is 0 Å². The lowest BCUT2D eigenvalue weighted by Crippen LogP contribution is -2.40. The summed E-state index contributed by atoms with van der Waals surface area (Å²) in [6, 6.07) is 0. The van der Waals surface area contributed by atoms with E-state index in [1.54, 1.807) is 18.4 Å². The van der Waals surface area contributed by atoms with Crippen LogP contribution >= 0.6 is 11.3 Å². The van der Waals surface area contributed by atoms with Crippen LogP contribution in [0.1, 0.15) is 23.8 Å². The maximum absolute atomic E-state index is 11.7. The molecule has 2 rings (SSSR count). The van der Waals surface area contributed by atoms with Crippen LogP contribution in [0.4, 0.5) is 0 Å². The maximum Gasteiger partial charge on any atom is 0.248 e. The largest absolute Gasteiger partial charge is 0.375 e. The van der Waals surface area contributed by atoms with Crippen LogP contribution in [0, 0.1) is 0 Å². The van der Waals surface area contributed by atoms with Crippen LogP contribution in [0.3, 0.4) is 0 Å². The van der Waals surface area contributed by atoms with Crippen molar-refractivity contribution in [1.82, 2.24) is 9.88 Å². The summed E-state index contributed by atoms with van der Waals surface area (Å²) in [6.45, 7) is 1.82. The van der Waals surface area contributed by atoms with Crippen molar-refractivity contribution in [3.05, 3.63) is 16.6 Å². The van der Waals surface area contributed by atoms with Crippen LogP contribution in [0.5, 0.6) is 0 Å². The lowest BCUT2D eigenvalue weighted by atomic mass is 9.99. The second-order valence-electron chi connectivity index (χ2n) is 3.98. The number of hydrogen-bond acceptors (Lipinski definition) is 4. The van der Waals surface area contributed by atoms with Crippen molar-refractivity contribution in [3.8, 4) is 0 Å². The predicted molar refractivity (Wildman–Crippen MR) is 62.5 cm³/mol. The monoisotopic (exact) mass is 240 g/mol. The molecule has 1 unspecified atom stereocenters. The zero-order chi connectivity index (χ0) is 11.4. The van der Waals surface area contributed by atoms with Gasteiger partial charge in [0.2, 0.25) is 5.91 Å². The first-order valence-electron chi connectivity index (χ1n) is 5.47. The number of thiazole rings is 1. The molecule has 4 nitrogen and oxygen atoms in total. The molecule has 1 amide bonds. The summed E-state index contributed by atoms with van der Waals surface area (Å²) in [6.07, 6.45) is 4.01. The number of carbonyl (C=O) groups is 1. The zero-order valence-corrected chi connectivity index (χ0v) is 10.2. The van der Waals surface area contributed by atoms with Crippen molar-refractivity contribution in [2.24, 2.45) is 0 Å². The Morgan fingerprint density at radius 3 is 3.31 bits per heavy atom. The number of hydrogen-bond donors (Lipinski definition) is 0. The van der Waals surface area contributed by atoms with Gasteiger partial charge in [-0.3, -0.25) is 4.79 Å². The van der Waals surface area contributed by atoms with Crippen LogP contribution in [-0.2, 0) is 9.53 Å². The minimum absolute atomic E-state index is 0.0868. The Bertz CT molecular complexity index is 340. The Labute approximate surface area is 99.2 Å². The first kappa shape index (κ1) is 11.5. The average Bonchev–Trinajstić information content (AvgIpc) is 2.83. The number of amides is 1. The standard InChI is InChI=1S/C11H16N2O2S/c1-15-8-10(14)13-5-2-3-9(7-13)11-12-4-6-16-11/h4,6,9H,2-3,5,7-8H2,1H3. The summed E-state index contributed by atoms with van der Waals surface area (Å²) in [7, 11) is 1.56. The molecule has 88 valence electrons. The molecule has 1 saturated heterocycles. The number of methoxy groups -OCH3 is 1. The van der Waals surface area contributed by atoms with Crippen LogP contribution in [0.15, 0.2) is 11.6 Å². The maximum atomic E-state index is 11.7. The topological polar surface area (TPSA) is 42.4 Å². The van der Waals surface area contributed by atoms with E-state index in [-0.39, 0.29) is 12.5 Å². The van der Waals surface area contributed by atoms with Gasteiger partial charge in [-0.15, -0.1) is 11.3 Å². The van der Waals surface area contributed by atoms with E-state index in [4.69, 9.17) is 4.74 Å². The quantitative estimate of drug-likeness (QED) is 0.804. The number of aromatic nitrogens is 1. The first-order chi connectivity index (χ1) is 7.81. The van der Waals surface area contributed by atoms with Gasteiger partial charge < -0.3 is 9.64 Å². The third-order valence-electron chi connectivity index (χ3n) is 2.84. The molecule has 5 heteroatoms. The van der Waals surface area contributed by atoms with E-state index in [0.29, 0.717) is 5.92 Å². The van der Waals surface area contributed by atoms with Crippen molar-refractivity contribution in [3.63, 3.8) is 0 Å². The lowest BCUT2D eigenvalue weighted by Gasteiger charge is -2.31. The summed E-state index contributed by atoms with van der Waals surface area (Å²) < 4.78 is 4.88. The molecule has 0 saturated carbocycles. The summed E-state index contributed by atoms with van der Waals surface area (Å²) in [4.78, 5) is 17.9. The summed E-state index contributed by atoms with van der Waals surface area (Å²) in [5.74, 6) is 0.498. The Morgan fingerprint density at radius 2 is 2.62 bits per heavy atom. The minimum Gasteiger partial charge on any atom is -0.375 e. The number of likely N-dealkylation sites (tertiary alicyclic amines) is 1. The van der Waals surface area contributed by atoms with Crippen molar-refractivity contribution < 1.29 is 9.53 Å². The summed E-state index contributed by atoms with van der Waals surface area (Å²) in [5, 5.41) is 3.14. The third kappa shape index (κ3) is 2.59. The van der Waals surface area contributed by atoms with Gasteiger partial charge in [-0.1, -0.05) is 0 Å². The first-order valence-corrected chi connectivity index (χ1v) is 6.35. The van der Waals surface area contributed by atoms with Crippen molar-refractivity contribution in [2.75, 3.05) is 26.8 Å². The number of rotatable bonds is 3. The molecule has 0 bridgehead atoms. The van der Waals surface area contributed by atoms with E-state index >= 15 is 0 Å². The number of ether oxygens (including phenoxy) is 1. The van der Waals surface area contributed by atoms with Crippen molar-refractivity contribution in [1.29, 1.82) is 0 Å². The van der Waals surface area contributed by atoms with E-state index in [0.717, 1.165) is 30.9 Å². The van der Waals surface area contributed by atoms with Gasteiger partial charge in [0.1, 0.15) is 6.61 Å². The van der Waals surface area contributed by atoms with E-state index in [9.17, 15) is 4.79 Å². The summed E-state index contributed by atoms with van der Waals surface area (Å²) in [5.41, 5.74) is 0. The van der Waals surface area contributed by atoms with Gasteiger partial charge in [0.05, 0.1) is 5.01 Å². The van der Waals surface area contributed by atoms with Crippen LogP contribution in [0.2, 0.25) is 0 Å². The van der Waals surface area contributed by atoms with Gasteiger partial charge in [-0.2, -0.15) is 0 Å². The molecule has 1 fully saturated rings. The van der Waals surface area contributed by atoms with Crippen LogP contribution < -0.4 is 0 Å². The molecule has 1 aliphatic heterocycles. The van der Waals surface area contributed by atoms with E-state index in [1.165, 1.54) is 0 Å². The Kier molecular flexibility index (Phi) is 3.90. The highest BCUT2D eigenvalue weighted by Crippen LogP contribution is 2.28. The SMILES string of the molecule is COCC(=O)N1CCCC(c2nccs2)C1. The molecule has 0 N–H and O–H groups in total. The van der Waals surface area contributed by atoms with Crippen molar-refractivity contribution >= 4 is 17.2 Å². The zero-order valence-electron chi connectivity index (χ0n) is 9.39. The van der Waals surface area contributed by atoms with Crippen LogP contribution in [0.25, 0.3) is 0 Å². The van der Waals surface area contributed by atoms with Gasteiger partial charge in [0, 0.05) is 37.7 Å². The second-order valence-corrected chi connectivity index (χ2v) is 4.91. The molecular weight excluding hydrogens is 224 g/mol. The molecule has 1 atom stereocenters. The van der Waals surface area contributed by atoms with E-state index in [1.807, 2.05) is 16.5 Å². The number of nitrogens with zero attached hydrogens (tertiary/aromatic N) is 2. The Balaban J connectivity index is 1.96. The highest BCUT2D eigenvalue weighted by atomic mass is 32.1. The second kappa shape index (κ2) is 5.41. The molecule has 0 aromatic carbocycles. The fraction of sp³-hybridized carbons (Fsp3) is 0.636. The summed E-state index contributed by atoms with van der Waals surface area (Å²) >= 11 is 1.68.